The molecule has 0 unspecified atom stereocenters. The molecule has 3 aromatic rings. The Morgan fingerprint density at radius 3 is 2.85 bits per heavy atom. The van der Waals surface area contributed by atoms with Gasteiger partial charge < -0.3 is 5.32 Å². The van der Waals surface area contributed by atoms with Gasteiger partial charge in [-0.25, -0.2) is 0 Å². The maximum atomic E-state index is 6.34. The number of halogens is 1. The van der Waals surface area contributed by atoms with Crippen LogP contribution in [-0.2, 0) is 6.54 Å². The second kappa shape index (κ2) is 7.56. The molecule has 0 aliphatic carbocycles. The SMILES string of the molecule is Cc1ccn(Cc2cccc([C@H]3CCC[C@@H](c4ncccc4Cl)N3)n2)n1. The molecule has 0 aromatic carbocycles. The predicted molar refractivity (Wildman–Crippen MR) is 102 cm³/mol. The summed E-state index contributed by atoms with van der Waals surface area (Å²) in [5.74, 6) is 0. The smallest absolute Gasteiger partial charge is 0.0831 e. The minimum atomic E-state index is 0.168. The van der Waals surface area contributed by atoms with Crippen molar-refractivity contribution < 1.29 is 0 Å². The van der Waals surface area contributed by atoms with E-state index in [9.17, 15) is 0 Å². The topological polar surface area (TPSA) is 55.6 Å². The van der Waals surface area contributed by atoms with Crippen molar-refractivity contribution >= 4 is 11.6 Å². The van der Waals surface area contributed by atoms with Crippen molar-refractivity contribution in [3.05, 3.63) is 76.6 Å². The van der Waals surface area contributed by atoms with Gasteiger partial charge in [0.1, 0.15) is 0 Å². The third kappa shape index (κ3) is 3.79. The fraction of sp³-hybridized carbons (Fsp3) is 0.350. The van der Waals surface area contributed by atoms with E-state index in [-0.39, 0.29) is 12.1 Å². The van der Waals surface area contributed by atoms with Crippen LogP contribution in [-0.4, -0.2) is 19.7 Å². The molecule has 1 aliphatic rings. The van der Waals surface area contributed by atoms with Crippen molar-refractivity contribution in [3.63, 3.8) is 0 Å². The minimum Gasteiger partial charge on any atom is -0.300 e. The first-order chi connectivity index (χ1) is 12.7. The monoisotopic (exact) mass is 367 g/mol. The molecule has 1 N–H and O–H groups in total. The van der Waals surface area contributed by atoms with Gasteiger partial charge in [-0.1, -0.05) is 17.7 Å². The van der Waals surface area contributed by atoms with E-state index in [1.807, 2.05) is 36.0 Å². The Kier molecular flexibility index (Phi) is 5.00. The lowest BCUT2D eigenvalue weighted by atomic mass is 9.94. The molecule has 5 nitrogen and oxygen atoms in total. The zero-order chi connectivity index (χ0) is 17.9. The Bertz CT molecular complexity index is 891. The van der Waals surface area contributed by atoms with Gasteiger partial charge in [-0.3, -0.25) is 14.6 Å². The Balaban J connectivity index is 1.52. The van der Waals surface area contributed by atoms with Crippen molar-refractivity contribution in [1.82, 2.24) is 25.1 Å². The van der Waals surface area contributed by atoms with E-state index >= 15 is 0 Å². The maximum absolute atomic E-state index is 6.34. The highest BCUT2D eigenvalue weighted by Gasteiger charge is 2.26. The predicted octanol–water partition coefficient (Wildman–Crippen LogP) is 4.24. The third-order valence-electron chi connectivity index (χ3n) is 4.79. The van der Waals surface area contributed by atoms with Crippen LogP contribution in [0.5, 0.6) is 0 Å². The molecule has 0 spiro atoms. The van der Waals surface area contributed by atoms with Crippen LogP contribution in [0, 0.1) is 6.92 Å². The Hall–Kier alpha value is -2.24. The Labute approximate surface area is 158 Å². The summed E-state index contributed by atoms with van der Waals surface area (Å²) in [5, 5.41) is 8.86. The summed E-state index contributed by atoms with van der Waals surface area (Å²) in [5.41, 5.74) is 4.04. The molecule has 26 heavy (non-hydrogen) atoms. The summed E-state index contributed by atoms with van der Waals surface area (Å²) in [6, 6.07) is 12.4. The van der Waals surface area contributed by atoms with E-state index in [0.717, 1.165) is 47.1 Å². The zero-order valence-electron chi connectivity index (χ0n) is 14.8. The van der Waals surface area contributed by atoms with E-state index in [0.29, 0.717) is 6.54 Å². The van der Waals surface area contributed by atoms with Gasteiger partial charge in [-0.2, -0.15) is 5.10 Å². The van der Waals surface area contributed by atoms with E-state index < -0.39 is 0 Å². The van der Waals surface area contributed by atoms with Crippen LogP contribution in [0.4, 0.5) is 0 Å². The molecule has 4 rings (SSSR count). The molecule has 1 aliphatic heterocycles. The number of rotatable bonds is 4. The summed E-state index contributed by atoms with van der Waals surface area (Å²) in [7, 11) is 0. The van der Waals surface area contributed by atoms with Crippen LogP contribution in [0.3, 0.4) is 0 Å². The summed E-state index contributed by atoms with van der Waals surface area (Å²) >= 11 is 6.34. The van der Waals surface area contributed by atoms with Crippen LogP contribution in [0.2, 0.25) is 5.02 Å². The summed E-state index contributed by atoms with van der Waals surface area (Å²) < 4.78 is 1.92. The van der Waals surface area contributed by atoms with Gasteiger partial charge in [0, 0.05) is 12.4 Å². The summed E-state index contributed by atoms with van der Waals surface area (Å²) in [6.07, 6.45) is 7.02. The average Bonchev–Trinajstić information content (AvgIpc) is 3.07. The van der Waals surface area contributed by atoms with Crippen LogP contribution >= 0.6 is 11.6 Å². The van der Waals surface area contributed by atoms with Crippen LogP contribution in [0.25, 0.3) is 0 Å². The lowest BCUT2D eigenvalue weighted by Crippen LogP contribution is -2.32. The lowest BCUT2D eigenvalue weighted by molar-refractivity contribution is 0.321. The number of piperidine rings is 1. The molecule has 4 heterocycles. The van der Waals surface area contributed by atoms with Crippen LogP contribution < -0.4 is 5.32 Å². The molecule has 1 saturated heterocycles. The number of nitrogens with one attached hydrogen (secondary N) is 1. The van der Waals surface area contributed by atoms with Gasteiger partial charge in [0.15, 0.2) is 0 Å². The number of pyridine rings is 2. The maximum Gasteiger partial charge on any atom is 0.0831 e. The molecule has 0 bridgehead atoms. The lowest BCUT2D eigenvalue weighted by Gasteiger charge is -2.31. The summed E-state index contributed by atoms with van der Waals surface area (Å²) in [4.78, 5) is 9.35. The molecule has 1 fully saturated rings. The first-order valence-electron chi connectivity index (χ1n) is 9.01. The fourth-order valence-electron chi connectivity index (χ4n) is 3.54. The molecular formula is C20H22ClN5. The first kappa shape index (κ1) is 17.2. The average molecular weight is 368 g/mol. The standard InChI is InChI=1S/C20H22ClN5/c1-14-10-12-26(25-14)13-15-5-2-7-17(23-15)18-8-3-9-19(24-18)20-16(21)6-4-11-22-20/h2,4-7,10-12,18-19,24H,3,8-9,13H2,1H3/t18-,19+/m1/s1. The number of hydrogen-bond acceptors (Lipinski definition) is 4. The van der Waals surface area contributed by atoms with E-state index in [4.69, 9.17) is 16.6 Å². The van der Waals surface area contributed by atoms with Gasteiger partial charge in [-0.15, -0.1) is 0 Å². The quantitative estimate of drug-likeness (QED) is 0.749. The molecule has 3 aromatic heterocycles. The first-order valence-corrected chi connectivity index (χ1v) is 9.39. The van der Waals surface area contributed by atoms with Crippen molar-refractivity contribution in [2.75, 3.05) is 0 Å². The number of aromatic nitrogens is 4. The van der Waals surface area contributed by atoms with Gasteiger partial charge in [0.2, 0.25) is 0 Å². The largest absolute Gasteiger partial charge is 0.300 e. The molecule has 6 heteroatoms. The molecule has 134 valence electrons. The second-order valence-corrected chi connectivity index (χ2v) is 7.19. The van der Waals surface area contributed by atoms with Gasteiger partial charge in [0.25, 0.3) is 0 Å². The second-order valence-electron chi connectivity index (χ2n) is 6.78. The third-order valence-corrected chi connectivity index (χ3v) is 5.11. The molecule has 0 saturated carbocycles. The molecular weight excluding hydrogens is 346 g/mol. The van der Waals surface area contributed by atoms with E-state index in [1.165, 1.54) is 0 Å². The minimum absolute atomic E-state index is 0.168. The fourth-order valence-corrected chi connectivity index (χ4v) is 3.79. The number of aryl methyl sites for hydroxylation is 1. The van der Waals surface area contributed by atoms with Crippen molar-refractivity contribution in [1.29, 1.82) is 0 Å². The number of nitrogens with zero attached hydrogens (tertiary/aromatic N) is 4. The van der Waals surface area contributed by atoms with Gasteiger partial charge in [0.05, 0.1) is 46.4 Å². The molecule has 2 atom stereocenters. The van der Waals surface area contributed by atoms with Gasteiger partial charge >= 0.3 is 0 Å². The Morgan fingerprint density at radius 1 is 1.15 bits per heavy atom. The van der Waals surface area contributed by atoms with Crippen molar-refractivity contribution in [3.8, 4) is 0 Å². The normalized spacial score (nSPS) is 20.2. The molecule has 0 radical (unpaired) electrons. The number of hydrogen-bond donors (Lipinski definition) is 1. The Morgan fingerprint density at radius 2 is 2.04 bits per heavy atom. The van der Waals surface area contributed by atoms with E-state index in [2.05, 4.69) is 33.6 Å². The van der Waals surface area contributed by atoms with Crippen LogP contribution in [0.15, 0.2) is 48.8 Å². The zero-order valence-corrected chi connectivity index (χ0v) is 15.5. The van der Waals surface area contributed by atoms with Crippen molar-refractivity contribution in [2.24, 2.45) is 0 Å². The summed E-state index contributed by atoms with van der Waals surface area (Å²) in [6.45, 7) is 2.68. The highest BCUT2D eigenvalue weighted by molar-refractivity contribution is 6.31. The highest BCUT2D eigenvalue weighted by Crippen LogP contribution is 2.33. The highest BCUT2D eigenvalue weighted by atomic mass is 35.5. The van der Waals surface area contributed by atoms with Gasteiger partial charge in [-0.05, 0) is 56.5 Å². The molecule has 0 amide bonds. The van der Waals surface area contributed by atoms with Crippen LogP contribution in [0.1, 0.15) is 54.1 Å². The van der Waals surface area contributed by atoms with Crippen molar-refractivity contribution in [2.45, 2.75) is 44.8 Å². The van der Waals surface area contributed by atoms with E-state index in [1.54, 1.807) is 6.20 Å².